The number of nitrogens with one attached hydrogen (secondary N) is 1. The molecule has 2 saturated heterocycles. The van der Waals surface area contributed by atoms with Crippen LogP contribution in [0.1, 0.15) is 48.0 Å². The van der Waals surface area contributed by atoms with E-state index in [9.17, 15) is 20.1 Å². The number of hydrogen-bond acceptors (Lipinski definition) is 10. The monoisotopic (exact) mass is 462 g/mol. The molecule has 4 heterocycles. The molecule has 0 amide bonds. The highest BCUT2D eigenvalue weighted by Gasteiger charge is 2.26. The van der Waals surface area contributed by atoms with E-state index in [0.717, 1.165) is 48.9 Å². The van der Waals surface area contributed by atoms with Crippen molar-refractivity contribution in [2.24, 2.45) is 5.92 Å². The third-order valence-corrected chi connectivity index (χ3v) is 7.30. The van der Waals surface area contributed by atoms with E-state index in [-0.39, 0.29) is 17.1 Å². The van der Waals surface area contributed by atoms with E-state index in [0.29, 0.717) is 48.6 Å². The average molecular weight is 463 g/mol. The first kappa shape index (κ1) is 22.7. The summed E-state index contributed by atoms with van der Waals surface area (Å²) in [6.45, 7) is 6.52. The van der Waals surface area contributed by atoms with Crippen molar-refractivity contribution in [3.8, 4) is 0 Å². The Balaban J connectivity index is 1.60. The molecule has 0 saturated carbocycles. The highest BCUT2D eigenvalue weighted by Crippen LogP contribution is 2.30. The van der Waals surface area contributed by atoms with Crippen LogP contribution < -0.4 is 15.1 Å². The standard InChI is InChI=1S/C21H30N6O4S/c1-12-18(19(30)31)32-21(22-12)25-20-23-16(26-7-3-14(4-8-26)13(2)28)11-17(24-20)27-9-5-15(29)6-10-27/h11,13-15,28-29H,3-10H2,1-2H3,(H,30,31)(H,22,23,24,25). The SMILES string of the molecule is Cc1nc(Nc2nc(N3CCC(O)CC3)cc(N3CCC(C(C)O)CC3)n2)sc1C(=O)O. The number of aryl methyl sites for hydroxylation is 1. The topological polar surface area (TPSA) is 135 Å². The Morgan fingerprint density at radius 3 is 2.16 bits per heavy atom. The first-order valence-corrected chi connectivity index (χ1v) is 11.8. The average Bonchev–Trinajstić information content (AvgIpc) is 3.14. The van der Waals surface area contributed by atoms with E-state index in [1.165, 1.54) is 0 Å². The van der Waals surface area contributed by atoms with E-state index < -0.39 is 5.97 Å². The van der Waals surface area contributed by atoms with Crippen LogP contribution in [0, 0.1) is 12.8 Å². The number of aliphatic hydroxyl groups is 2. The molecule has 2 aliphatic rings. The van der Waals surface area contributed by atoms with E-state index in [1.54, 1.807) is 6.92 Å². The minimum atomic E-state index is -1.00. The van der Waals surface area contributed by atoms with E-state index in [2.05, 4.69) is 25.1 Å². The Bertz CT molecular complexity index is 952. The Morgan fingerprint density at radius 1 is 1.09 bits per heavy atom. The maximum atomic E-state index is 11.4. The number of aromatic nitrogens is 3. The molecular weight excluding hydrogens is 432 g/mol. The second-order valence-corrected chi connectivity index (χ2v) is 9.55. The summed E-state index contributed by atoms with van der Waals surface area (Å²) in [6.07, 6.45) is 2.57. The molecule has 1 atom stereocenters. The van der Waals surface area contributed by atoms with Gasteiger partial charge in [0.2, 0.25) is 5.95 Å². The lowest BCUT2D eigenvalue weighted by Crippen LogP contribution is -2.38. The van der Waals surface area contributed by atoms with Gasteiger partial charge in [-0.05, 0) is 45.4 Å². The summed E-state index contributed by atoms with van der Waals surface area (Å²) in [4.78, 5) is 29.6. The zero-order chi connectivity index (χ0) is 22.8. The molecule has 0 aliphatic carbocycles. The number of anilines is 4. The summed E-state index contributed by atoms with van der Waals surface area (Å²) in [6, 6.07) is 1.97. The van der Waals surface area contributed by atoms with Gasteiger partial charge in [0.15, 0.2) is 5.13 Å². The number of aromatic carboxylic acids is 1. The smallest absolute Gasteiger partial charge is 0.347 e. The maximum Gasteiger partial charge on any atom is 0.347 e. The van der Waals surface area contributed by atoms with Gasteiger partial charge in [0.1, 0.15) is 16.5 Å². The summed E-state index contributed by atoms with van der Waals surface area (Å²) in [5.41, 5.74) is 0.451. The predicted molar refractivity (Wildman–Crippen MR) is 123 cm³/mol. The third-order valence-electron chi connectivity index (χ3n) is 6.24. The van der Waals surface area contributed by atoms with Crippen LogP contribution in [-0.2, 0) is 0 Å². The lowest BCUT2D eigenvalue weighted by Gasteiger charge is -2.35. The molecule has 32 heavy (non-hydrogen) atoms. The van der Waals surface area contributed by atoms with Gasteiger partial charge >= 0.3 is 5.97 Å². The predicted octanol–water partition coefficient (Wildman–Crippen LogP) is 2.24. The fourth-order valence-corrected chi connectivity index (χ4v) is 5.05. The molecule has 0 radical (unpaired) electrons. The van der Waals surface area contributed by atoms with Gasteiger partial charge in [0.05, 0.1) is 17.9 Å². The van der Waals surface area contributed by atoms with Crippen LogP contribution in [0.15, 0.2) is 6.07 Å². The highest BCUT2D eigenvalue weighted by atomic mass is 32.1. The summed E-state index contributed by atoms with van der Waals surface area (Å²) in [5.74, 6) is 1.22. The van der Waals surface area contributed by atoms with Crippen molar-refractivity contribution >= 4 is 40.0 Å². The van der Waals surface area contributed by atoms with Gasteiger partial charge < -0.3 is 25.1 Å². The molecular formula is C21H30N6O4S. The Morgan fingerprint density at radius 2 is 1.66 bits per heavy atom. The number of piperidine rings is 2. The second-order valence-electron chi connectivity index (χ2n) is 8.55. The van der Waals surface area contributed by atoms with Crippen molar-refractivity contribution in [2.45, 2.75) is 51.7 Å². The molecule has 2 aromatic heterocycles. The van der Waals surface area contributed by atoms with Gasteiger partial charge in [0.25, 0.3) is 0 Å². The number of nitrogens with zero attached hydrogens (tertiary/aromatic N) is 5. The molecule has 2 aromatic rings. The quantitative estimate of drug-likeness (QED) is 0.506. The molecule has 174 valence electrons. The first-order chi connectivity index (χ1) is 15.3. The molecule has 0 bridgehead atoms. The molecule has 0 spiro atoms. The normalized spacial score (nSPS) is 19.2. The molecule has 2 fully saturated rings. The molecule has 0 aromatic carbocycles. The lowest BCUT2D eigenvalue weighted by atomic mass is 9.92. The van der Waals surface area contributed by atoms with Gasteiger partial charge in [-0.25, -0.2) is 9.78 Å². The molecule has 4 N–H and O–H groups in total. The fourth-order valence-electron chi connectivity index (χ4n) is 4.25. The number of carbonyl (C=O) groups is 1. The van der Waals surface area contributed by atoms with Crippen LogP contribution in [0.3, 0.4) is 0 Å². The summed E-state index contributed by atoms with van der Waals surface area (Å²) < 4.78 is 0. The number of rotatable bonds is 6. The first-order valence-electron chi connectivity index (χ1n) is 11.0. The highest BCUT2D eigenvalue weighted by molar-refractivity contribution is 7.17. The van der Waals surface area contributed by atoms with Crippen molar-refractivity contribution in [3.63, 3.8) is 0 Å². The summed E-state index contributed by atoms with van der Waals surface area (Å²) in [7, 11) is 0. The number of carboxylic acids is 1. The molecule has 11 heteroatoms. The number of hydrogen-bond donors (Lipinski definition) is 4. The Kier molecular flexibility index (Phi) is 6.77. The van der Waals surface area contributed by atoms with Crippen molar-refractivity contribution in [2.75, 3.05) is 41.3 Å². The summed E-state index contributed by atoms with van der Waals surface area (Å²) in [5, 5.41) is 32.6. The van der Waals surface area contributed by atoms with Gasteiger partial charge in [-0.1, -0.05) is 11.3 Å². The van der Waals surface area contributed by atoms with Gasteiger partial charge in [-0.15, -0.1) is 0 Å². The Labute approximate surface area is 190 Å². The fraction of sp³-hybridized carbons (Fsp3) is 0.619. The zero-order valence-electron chi connectivity index (χ0n) is 18.4. The number of aliphatic hydroxyl groups excluding tert-OH is 2. The van der Waals surface area contributed by atoms with Crippen LogP contribution in [0.25, 0.3) is 0 Å². The van der Waals surface area contributed by atoms with Crippen LogP contribution in [0.4, 0.5) is 22.7 Å². The van der Waals surface area contributed by atoms with Gasteiger partial charge in [-0.2, -0.15) is 9.97 Å². The van der Waals surface area contributed by atoms with E-state index in [1.807, 2.05) is 13.0 Å². The van der Waals surface area contributed by atoms with Gasteiger partial charge in [-0.3, -0.25) is 5.32 Å². The van der Waals surface area contributed by atoms with E-state index in [4.69, 9.17) is 4.98 Å². The van der Waals surface area contributed by atoms with Crippen molar-refractivity contribution in [1.82, 2.24) is 15.0 Å². The molecule has 1 unspecified atom stereocenters. The molecule has 10 nitrogen and oxygen atoms in total. The van der Waals surface area contributed by atoms with Crippen LogP contribution in [0.2, 0.25) is 0 Å². The van der Waals surface area contributed by atoms with Crippen LogP contribution in [0.5, 0.6) is 0 Å². The summed E-state index contributed by atoms with van der Waals surface area (Å²) >= 11 is 1.06. The zero-order valence-corrected chi connectivity index (χ0v) is 19.2. The van der Waals surface area contributed by atoms with Crippen molar-refractivity contribution < 1.29 is 20.1 Å². The maximum absolute atomic E-state index is 11.4. The largest absolute Gasteiger partial charge is 0.477 e. The molecule has 4 rings (SSSR count). The van der Waals surface area contributed by atoms with Gasteiger partial charge in [0, 0.05) is 32.2 Å². The third kappa shape index (κ3) is 5.11. The minimum absolute atomic E-state index is 0.189. The Hall–Kier alpha value is -2.50. The molecule has 2 aliphatic heterocycles. The minimum Gasteiger partial charge on any atom is -0.477 e. The van der Waals surface area contributed by atoms with Crippen molar-refractivity contribution in [1.29, 1.82) is 0 Å². The number of thiazole rings is 1. The van der Waals surface area contributed by atoms with Crippen LogP contribution in [-0.4, -0.2) is 74.6 Å². The van der Waals surface area contributed by atoms with E-state index >= 15 is 0 Å². The number of carboxylic acid groups (broad SMARTS) is 1. The van der Waals surface area contributed by atoms with Crippen molar-refractivity contribution in [3.05, 3.63) is 16.6 Å². The van der Waals surface area contributed by atoms with Crippen LogP contribution >= 0.6 is 11.3 Å². The second kappa shape index (κ2) is 9.55. The lowest BCUT2D eigenvalue weighted by molar-refractivity contribution is 0.0701.